The van der Waals surface area contributed by atoms with Crippen molar-refractivity contribution in [2.24, 2.45) is 5.41 Å². The van der Waals surface area contributed by atoms with Crippen molar-refractivity contribution in [3.8, 4) is 0 Å². The van der Waals surface area contributed by atoms with E-state index >= 15 is 0 Å². The molecule has 17 heavy (non-hydrogen) atoms. The van der Waals surface area contributed by atoms with Crippen molar-refractivity contribution in [3.05, 3.63) is 0 Å². The molecule has 0 bridgehead atoms. The van der Waals surface area contributed by atoms with Crippen LogP contribution >= 0.6 is 0 Å². The zero-order chi connectivity index (χ0) is 13.9. The van der Waals surface area contributed by atoms with Crippen LogP contribution in [0.25, 0.3) is 0 Å². The van der Waals surface area contributed by atoms with E-state index < -0.39 is 29.1 Å². The van der Waals surface area contributed by atoms with Crippen LogP contribution in [0.4, 0.5) is 0 Å². The number of carboxylic acid groups (broad SMARTS) is 1. The lowest BCUT2D eigenvalue weighted by Crippen LogP contribution is -2.54. The first-order chi connectivity index (χ1) is 7.61. The summed E-state index contributed by atoms with van der Waals surface area (Å²) in [6.45, 7) is 4.53. The van der Waals surface area contributed by atoms with Gasteiger partial charge in [0.2, 0.25) is 0 Å². The average Bonchev–Trinajstić information content (AvgIpc) is 2.22. The van der Waals surface area contributed by atoms with Crippen LogP contribution < -0.4 is 0 Å². The van der Waals surface area contributed by atoms with Gasteiger partial charge in [-0.05, 0) is 20.8 Å². The molecule has 0 fully saturated rings. The van der Waals surface area contributed by atoms with Gasteiger partial charge in [0.15, 0.2) is 0 Å². The quantitative estimate of drug-likeness (QED) is 0.430. The smallest absolute Gasteiger partial charge is 0.413 e. The fourth-order valence-electron chi connectivity index (χ4n) is 0.803. The lowest BCUT2D eigenvalue weighted by molar-refractivity contribution is -0.243. The Morgan fingerprint density at radius 1 is 1.00 bits per heavy atom. The third-order valence-electron chi connectivity index (χ3n) is 1.87. The zero-order valence-corrected chi connectivity index (χ0v) is 10.4. The predicted octanol–water partition coefficient (Wildman–Crippen LogP) is 0.176. The molecule has 7 nitrogen and oxygen atoms in total. The second-order valence-corrected chi connectivity index (χ2v) is 4.26. The monoisotopic (exact) mass is 248 g/mol. The molecule has 0 aromatic heterocycles. The number of carbonyl (C=O) groups is 3. The Bertz CT molecular complexity index is 328. The third-order valence-corrected chi connectivity index (χ3v) is 1.87. The van der Waals surface area contributed by atoms with Crippen LogP contribution in [0.1, 0.15) is 20.8 Å². The van der Waals surface area contributed by atoms with E-state index in [9.17, 15) is 14.4 Å². The SMILES string of the molecule is COC(=O)C(OC)(OC(=O)C(C)(C)C)C(=O)O. The highest BCUT2D eigenvalue weighted by atomic mass is 16.8. The molecule has 0 saturated carbocycles. The lowest BCUT2D eigenvalue weighted by atomic mass is 9.97. The van der Waals surface area contributed by atoms with Gasteiger partial charge in [-0.3, -0.25) is 4.79 Å². The van der Waals surface area contributed by atoms with Crippen LogP contribution in [-0.2, 0) is 28.6 Å². The molecule has 1 N–H and O–H groups in total. The Morgan fingerprint density at radius 3 is 1.71 bits per heavy atom. The minimum absolute atomic E-state index is 0.896. The third kappa shape index (κ3) is 3.16. The first kappa shape index (κ1) is 15.4. The number of carboxylic acids is 1. The topological polar surface area (TPSA) is 99.1 Å². The van der Waals surface area contributed by atoms with E-state index in [4.69, 9.17) is 5.11 Å². The van der Waals surface area contributed by atoms with Crippen molar-refractivity contribution in [1.82, 2.24) is 0 Å². The molecular formula is C10H16O7. The van der Waals surface area contributed by atoms with E-state index in [1.807, 2.05) is 0 Å². The van der Waals surface area contributed by atoms with Gasteiger partial charge in [0.05, 0.1) is 12.5 Å². The molecule has 0 aliphatic carbocycles. The molecule has 0 heterocycles. The van der Waals surface area contributed by atoms with Crippen molar-refractivity contribution in [3.63, 3.8) is 0 Å². The molecule has 1 unspecified atom stereocenters. The molecule has 0 aliphatic heterocycles. The van der Waals surface area contributed by atoms with Crippen LogP contribution in [0.3, 0.4) is 0 Å². The molecule has 0 amide bonds. The summed E-state index contributed by atoms with van der Waals surface area (Å²) >= 11 is 0. The van der Waals surface area contributed by atoms with Gasteiger partial charge < -0.3 is 19.3 Å². The fraction of sp³-hybridized carbons (Fsp3) is 0.700. The standard InChI is InChI=1S/C10H16O7/c1-9(2,3)7(13)17-10(16-5,6(11)12)8(14)15-4/h1-5H3,(H,11,12). The number of methoxy groups -OCH3 is 2. The summed E-state index contributed by atoms with van der Waals surface area (Å²) in [4.78, 5) is 34.0. The zero-order valence-electron chi connectivity index (χ0n) is 10.4. The second-order valence-electron chi connectivity index (χ2n) is 4.26. The molecule has 7 heteroatoms. The van der Waals surface area contributed by atoms with Crippen molar-refractivity contribution in [2.45, 2.75) is 26.6 Å². The summed E-state index contributed by atoms with van der Waals surface area (Å²) < 4.78 is 13.4. The number of ether oxygens (including phenoxy) is 3. The van der Waals surface area contributed by atoms with Gasteiger partial charge in [-0.2, -0.15) is 0 Å². The number of hydrogen-bond donors (Lipinski definition) is 1. The maximum atomic E-state index is 11.6. The summed E-state index contributed by atoms with van der Waals surface area (Å²) in [7, 11) is 1.89. The van der Waals surface area contributed by atoms with Gasteiger partial charge in [-0.1, -0.05) is 0 Å². The molecule has 0 radical (unpaired) electrons. The van der Waals surface area contributed by atoms with Crippen molar-refractivity contribution < 1.29 is 33.7 Å². The van der Waals surface area contributed by atoms with Gasteiger partial charge in [0, 0.05) is 7.11 Å². The molecule has 0 saturated heterocycles. The van der Waals surface area contributed by atoms with E-state index in [0.29, 0.717) is 0 Å². The largest absolute Gasteiger partial charge is 0.476 e. The summed E-state index contributed by atoms with van der Waals surface area (Å²) in [5.74, 6) is -6.74. The number of rotatable bonds is 4. The molecule has 0 aromatic carbocycles. The Morgan fingerprint density at radius 2 is 1.47 bits per heavy atom. The van der Waals surface area contributed by atoms with Crippen LogP contribution in [0.15, 0.2) is 0 Å². The first-order valence-electron chi connectivity index (χ1n) is 4.72. The lowest BCUT2D eigenvalue weighted by Gasteiger charge is -2.27. The molecule has 1 atom stereocenters. The minimum atomic E-state index is -2.76. The van der Waals surface area contributed by atoms with Crippen LogP contribution in [0, 0.1) is 5.41 Å². The highest BCUT2D eigenvalue weighted by molar-refractivity contribution is 6.02. The normalized spacial score (nSPS) is 14.6. The number of aliphatic carboxylic acids is 1. The van der Waals surface area contributed by atoms with E-state index in [-0.39, 0.29) is 0 Å². The Balaban J connectivity index is 5.29. The molecule has 0 aliphatic rings. The van der Waals surface area contributed by atoms with Gasteiger partial charge in [0.1, 0.15) is 0 Å². The Hall–Kier alpha value is -1.63. The molecule has 0 spiro atoms. The van der Waals surface area contributed by atoms with Crippen LogP contribution in [0.2, 0.25) is 0 Å². The molecule has 0 rings (SSSR count). The molecule has 98 valence electrons. The van der Waals surface area contributed by atoms with Crippen LogP contribution in [-0.4, -0.2) is 43.0 Å². The van der Waals surface area contributed by atoms with Gasteiger partial charge in [-0.15, -0.1) is 0 Å². The maximum absolute atomic E-state index is 11.6. The molecular weight excluding hydrogens is 232 g/mol. The fourth-order valence-corrected chi connectivity index (χ4v) is 0.803. The summed E-state index contributed by atoms with van der Waals surface area (Å²) in [6, 6.07) is 0. The van der Waals surface area contributed by atoms with Gasteiger partial charge in [-0.25, -0.2) is 9.59 Å². The number of esters is 2. The number of carbonyl (C=O) groups excluding carboxylic acids is 2. The summed E-state index contributed by atoms with van der Waals surface area (Å²) in [5.41, 5.74) is -0.979. The maximum Gasteiger partial charge on any atom is 0.413 e. The summed E-state index contributed by atoms with van der Waals surface area (Å²) in [6.07, 6.45) is 0. The highest BCUT2D eigenvalue weighted by Crippen LogP contribution is 2.23. The number of hydrogen-bond acceptors (Lipinski definition) is 6. The molecule has 0 aromatic rings. The van der Waals surface area contributed by atoms with E-state index in [1.165, 1.54) is 20.8 Å². The highest BCUT2D eigenvalue weighted by Gasteiger charge is 2.54. The Labute approximate surface area is 98.6 Å². The van der Waals surface area contributed by atoms with Crippen molar-refractivity contribution >= 4 is 17.9 Å². The van der Waals surface area contributed by atoms with E-state index in [2.05, 4.69) is 14.2 Å². The van der Waals surface area contributed by atoms with E-state index in [0.717, 1.165) is 14.2 Å². The van der Waals surface area contributed by atoms with Crippen LogP contribution in [0.5, 0.6) is 0 Å². The second kappa shape index (κ2) is 5.13. The van der Waals surface area contributed by atoms with Crippen molar-refractivity contribution in [2.75, 3.05) is 14.2 Å². The summed E-state index contributed by atoms with van der Waals surface area (Å²) in [5, 5.41) is 8.94. The van der Waals surface area contributed by atoms with Gasteiger partial charge >= 0.3 is 23.7 Å². The average molecular weight is 248 g/mol. The van der Waals surface area contributed by atoms with Crippen molar-refractivity contribution in [1.29, 1.82) is 0 Å². The van der Waals surface area contributed by atoms with Gasteiger partial charge in [0.25, 0.3) is 0 Å². The minimum Gasteiger partial charge on any atom is -0.476 e. The predicted molar refractivity (Wildman–Crippen MR) is 54.9 cm³/mol. The first-order valence-corrected chi connectivity index (χ1v) is 4.72. The Kier molecular flexibility index (Phi) is 4.64. The van der Waals surface area contributed by atoms with E-state index in [1.54, 1.807) is 0 Å².